The van der Waals surface area contributed by atoms with Gasteiger partial charge in [0.2, 0.25) is 0 Å². The molecule has 0 radical (unpaired) electrons. The minimum atomic E-state index is 0.419. The van der Waals surface area contributed by atoms with Gasteiger partial charge in [0.15, 0.2) is 0 Å². The van der Waals surface area contributed by atoms with E-state index in [4.69, 9.17) is 24.9 Å². The number of rotatable bonds is 6. The van der Waals surface area contributed by atoms with Crippen molar-refractivity contribution in [3.05, 3.63) is 225 Å². The highest BCUT2D eigenvalue weighted by molar-refractivity contribution is 6.16. The quantitative estimate of drug-likeness (QED) is 0.164. The smallest absolute Gasteiger partial charge is 0.104 e. The summed E-state index contributed by atoms with van der Waals surface area (Å²) in [4.78, 5) is 24.9. The van der Waals surface area contributed by atoms with E-state index < -0.39 is 0 Å². The van der Waals surface area contributed by atoms with E-state index in [0.29, 0.717) is 22.6 Å². The normalized spacial score (nSPS) is 11.9. The summed E-state index contributed by atoms with van der Waals surface area (Å²) in [6, 6.07) is 61.5. The van der Waals surface area contributed by atoms with E-state index in [9.17, 15) is 5.26 Å². The van der Waals surface area contributed by atoms with Crippen LogP contribution < -0.4 is 0 Å². The first kappa shape index (κ1) is 39.7. The van der Waals surface area contributed by atoms with E-state index >= 15 is 0 Å². The summed E-state index contributed by atoms with van der Waals surface area (Å²) >= 11 is 0. The third-order valence-electron chi connectivity index (χ3n) is 14.4. The Hall–Kier alpha value is -10.2. The molecule has 0 aliphatic rings. The van der Waals surface area contributed by atoms with Crippen LogP contribution in [-0.2, 0) is 0 Å². The van der Waals surface area contributed by atoms with E-state index in [1.807, 2.05) is 67.8 Å². The van der Waals surface area contributed by atoms with Crippen molar-refractivity contribution in [3.63, 3.8) is 0 Å². The van der Waals surface area contributed by atoms with Crippen LogP contribution in [0.2, 0.25) is 0 Å². The molecule has 0 saturated carbocycles. The molecular formula is C62H36N10. The maximum absolute atomic E-state index is 12.6. The fourth-order valence-corrected chi connectivity index (χ4v) is 11.5. The highest BCUT2D eigenvalue weighted by Crippen LogP contribution is 2.51. The van der Waals surface area contributed by atoms with Crippen molar-refractivity contribution in [2.24, 2.45) is 0 Å². The Morgan fingerprint density at radius 1 is 0.306 bits per heavy atom. The SMILES string of the molecule is N#Cc1c(-n2c3ccccc3c3ccncc32)c(-c2cccc(-c3ccccc3)n2)c(-n2c3ccccc3c3ccncc32)c(-n2c3ccccc3c3ccncc32)c1-n1c2ccccc2c2ccncc21. The molecule has 0 bridgehead atoms. The monoisotopic (exact) mass is 920 g/mol. The molecule has 10 nitrogen and oxygen atoms in total. The van der Waals surface area contributed by atoms with Gasteiger partial charge in [-0.25, -0.2) is 4.98 Å². The van der Waals surface area contributed by atoms with Crippen molar-refractivity contribution >= 4 is 87.2 Å². The molecule has 0 spiro atoms. The zero-order chi connectivity index (χ0) is 47.4. The van der Waals surface area contributed by atoms with Gasteiger partial charge in [0.1, 0.15) is 11.6 Å². The first-order valence-corrected chi connectivity index (χ1v) is 23.8. The number of benzene rings is 6. The summed E-state index contributed by atoms with van der Waals surface area (Å²) in [5.74, 6) is 0. The highest BCUT2D eigenvalue weighted by Gasteiger charge is 2.35. The second-order valence-electron chi connectivity index (χ2n) is 18.0. The fraction of sp³-hybridized carbons (Fsp3) is 0. The maximum Gasteiger partial charge on any atom is 0.104 e. The molecule has 0 fully saturated rings. The topological polar surface area (TPSA) is 108 Å². The third-order valence-corrected chi connectivity index (χ3v) is 14.4. The second kappa shape index (κ2) is 15.4. The van der Waals surface area contributed by atoms with Crippen LogP contribution in [0.15, 0.2) is 219 Å². The lowest BCUT2D eigenvalue weighted by atomic mass is 9.95. The summed E-state index contributed by atoms with van der Waals surface area (Å²) < 4.78 is 9.16. The van der Waals surface area contributed by atoms with Gasteiger partial charge in [0.25, 0.3) is 0 Å². The molecule has 10 heteroatoms. The molecule has 0 aliphatic carbocycles. The van der Waals surface area contributed by atoms with Crippen LogP contribution in [0.4, 0.5) is 0 Å². The van der Waals surface area contributed by atoms with Crippen LogP contribution in [0.5, 0.6) is 0 Å². The number of aromatic nitrogens is 9. The molecule has 9 heterocycles. The van der Waals surface area contributed by atoms with E-state index in [1.165, 1.54) is 0 Å². The molecule has 72 heavy (non-hydrogen) atoms. The lowest BCUT2D eigenvalue weighted by molar-refractivity contribution is 1.02. The van der Waals surface area contributed by atoms with Gasteiger partial charge >= 0.3 is 0 Å². The predicted molar refractivity (Wildman–Crippen MR) is 288 cm³/mol. The zero-order valence-corrected chi connectivity index (χ0v) is 38.3. The predicted octanol–water partition coefficient (Wildman–Crippen LogP) is 14.3. The Morgan fingerprint density at radius 3 is 1.11 bits per heavy atom. The first-order valence-electron chi connectivity index (χ1n) is 23.8. The number of hydrogen-bond acceptors (Lipinski definition) is 6. The highest BCUT2D eigenvalue weighted by atomic mass is 15.1. The van der Waals surface area contributed by atoms with Crippen molar-refractivity contribution in [1.29, 1.82) is 5.26 Å². The standard InChI is InChI=1S/C62H36N10/c63-33-47-59(69-50-21-8-4-15-39(50)43-25-29-64-34-54(43)69)58(49-20-12-19-48(68-49)38-13-2-1-3-14-38)61(71-52-23-10-6-17-41(52)45-27-31-66-36-56(45)71)62(72-53-24-11-7-18-42(53)46-28-32-67-37-57(46)72)60(47)70-51-22-9-5-16-40(51)44-26-30-65-35-55(44)70/h1-32,34-37H. The Balaban J connectivity index is 1.31. The Labute approximate surface area is 410 Å². The summed E-state index contributed by atoms with van der Waals surface area (Å²) in [5.41, 5.74) is 13.6. The average molecular weight is 921 g/mol. The Kier molecular flexibility index (Phi) is 8.49. The lowest BCUT2D eigenvalue weighted by Crippen LogP contribution is -2.17. The van der Waals surface area contributed by atoms with Crippen molar-refractivity contribution in [2.45, 2.75) is 0 Å². The molecule has 0 amide bonds. The lowest BCUT2D eigenvalue weighted by Gasteiger charge is -2.29. The van der Waals surface area contributed by atoms with Gasteiger partial charge in [-0.05, 0) is 60.7 Å². The minimum absolute atomic E-state index is 0.419. The summed E-state index contributed by atoms with van der Waals surface area (Å²) in [7, 11) is 0. The van der Waals surface area contributed by atoms with Gasteiger partial charge in [-0.1, -0.05) is 109 Å². The van der Waals surface area contributed by atoms with Gasteiger partial charge < -0.3 is 18.3 Å². The molecule has 9 aromatic heterocycles. The van der Waals surface area contributed by atoms with Gasteiger partial charge in [-0.3, -0.25) is 19.9 Å². The molecule has 15 rings (SSSR count). The van der Waals surface area contributed by atoms with Gasteiger partial charge in [-0.15, -0.1) is 0 Å². The molecule has 0 N–H and O–H groups in total. The second-order valence-corrected chi connectivity index (χ2v) is 18.0. The number of para-hydroxylation sites is 4. The van der Waals surface area contributed by atoms with E-state index in [2.05, 4.69) is 176 Å². The average Bonchev–Trinajstić information content (AvgIpc) is 4.18. The van der Waals surface area contributed by atoms with Crippen molar-refractivity contribution in [2.75, 3.05) is 0 Å². The Morgan fingerprint density at radius 2 is 0.667 bits per heavy atom. The number of nitriles is 1. The maximum atomic E-state index is 12.6. The Bertz CT molecular complexity index is 4570. The third kappa shape index (κ3) is 5.50. The number of fused-ring (bicyclic) bond motifs is 12. The van der Waals surface area contributed by atoms with Gasteiger partial charge in [-0.2, -0.15) is 5.26 Å². The summed E-state index contributed by atoms with van der Waals surface area (Å²) in [6.07, 6.45) is 15.1. The van der Waals surface area contributed by atoms with E-state index in [-0.39, 0.29) is 0 Å². The van der Waals surface area contributed by atoms with Gasteiger partial charge in [0, 0.05) is 73.4 Å². The zero-order valence-electron chi connectivity index (χ0n) is 38.3. The minimum Gasteiger partial charge on any atom is -0.306 e. The largest absolute Gasteiger partial charge is 0.306 e. The molecule has 6 aromatic carbocycles. The molecular weight excluding hydrogens is 885 g/mol. The summed E-state index contributed by atoms with van der Waals surface area (Å²) in [5, 5.41) is 20.8. The van der Waals surface area contributed by atoms with Crippen molar-refractivity contribution in [3.8, 4) is 51.3 Å². The number of hydrogen-bond donors (Lipinski definition) is 0. The number of pyridine rings is 5. The summed E-state index contributed by atoms with van der Waals surface area (Å²) in [6.45, 7) is 0. The van der Waals surface area contributed by atoms with Crippen LogP contribution >= 0.6 is 0 Å². The van der Waals surface area contributed by atoms with Crippen molar-refractivity contribution < 1.29 is 0 Å². The molecule has 15 aromatic rings. The van der Waals surface area contributed by atoms with Crippen LogP contribution in [-0.4, -0.2) is 43.2 Å². The molecule has 0 atom stereocenters. The fourth-order valence-electron chi connectivity index (χ4n) is 11.5. The van der Waals surface area contributed by atoms with Crippen LogP contribution in [0.25, 0.3) is 132 Å². The van der Waals surface area contributed by atoms with E-state index in [0.717, 1.165) is 115 Å². The number of nitrogens with zero attached hydrogens (tertiary/aromatic N) is 10. The van der Waals surface area contributed by atoms with Gasteiger partial charge in [0.05, 0.1) is 109 Å². The van der Waals surface area contributed by atoms with Crippen LogP contribution in [0, 0.1) is 11.3 Å². The molecule has 0 saturated heterocycles. The van der Waals surface area contributed by atoms with Crippen molar-refractivity contribution in [1.82, 2.24) is 43.2 Å². The first-order chi connectivity index (χ1) is 35.8. The molecule has 0 unspecified atom stereocenters. The van der Waals surface area contributed by atoms with Crippen LogP contribution in [0.3, 0.4) is 0 Å². The molecule has 0 aliphatic heterocycles. The van der Waals surface area contributed by atoms with Crippen LogP contribution in [0.1, 0.15) is 5.56 Å². The van der Waals surface area contributed by atoms with E-state index in [1.54, 1.807) is 0 Å². The molecule has 334 valence electrons.